The molecule has 118 valence electrons. The van der Waals surface area contributed by atoms with Crippen LogP contribution in [0.15, 0.2) is 12.7 Å². The highest BCUT2D eigenvalue weighted by atomic mass is 32.2. The molecule has 0 radical (unpaired) electrons. The molecule has 0 amide bonds. The van der Waals surface area contributed by atoms with Crippen LogP contribution in [0.4, 0.5) is 0 Å². The van der Waals surface area contributed by atoms with Gasteiger partial charge in [-0.15, -0.1) is 0 Å². The lowest BCUT2D eigenvalue weighted by Crippen LogP contribution is -2.42. The number of esters is 2. The molecule has 0 aromatic carbocycles. The van der Waals surface area contributed by atoms with Gasteiger partial charge in [0.1, 0.15) is 12.2 Å². The van der Waals surface area contributed by atoms with Crippen LogP contribution in [0.5, 0.6) is 0 Å². The molecule has 2 aliphatic heterocycles. The van der Waals surface area contributed by atoms with E-state index in [-0.39, 0.29) is 0 Å². The Kier molecular flexibility index (Phi) is 4.64. The van der Waals surface area contributed by atoms with Gasteiger partial charge in [0.2, 0.25) is 0 Å². The van der Waals surface area contributed by atoms with Gasteiger partial charge in [0, 0.05) is 18.9 Å². The normalized spacial score (nSPS) is 33.9. The molecule has 4 atom stereocenters. The summed E-state index contributed by atoms with van der Waals surface area (Å²) in [5.74, 6) is -1.40. The van der Waals surface area contributed by atoms with Gasteiger partial charge in [-0.3, -0.25) is 4.18 Å². The van der Waals surface area contributed by atoms with Crippen LogP contribution in [0.1, 0.15) is 19.8 Å². The predicted molar refractivity (Wildman–Crippen MR) is 68.7 cm³/mol. The minimum absolute atomic E-state index is 0.324. The maximum atomic E-state index is 11.5. The first kappa shape index (κ1) is 15.9. The number of carbonyl (C=O) groups excluding carboxylic acids is 2. The van der Waals surface area contributed by atoms with Crippen molar-refractivity contribution in [3.05, 3.63) is 12.7 Å². The zero-order valence-corrected chi connectivity index (χ0v) is 12.2. The van der Waals surface area contributed by atoms with Gasteiger partial charge in [-0.25, -0.2) is 18.0 Å². The maximum absolute atomic E-state index is 11.5. The Balaban J connectivity index is 1.85. The SMILES string of the molecule is C=CC(=O)OCC(=O)OC1CC2(C)OC1CC2O[SH](=O)=O. The van der Waals surface area contributed by atoms with Gasteiger partial charge >= 0.3 is 11.9 Å². The highest BCUT2D eigenvalue weighted by molar-refractivity contribution is 7.67. The van der Waals surface area contributed by atoms with E-state index in [9.17, 15) is 18.0 Å². The molecular formula is C12H16O8S. The van der Waals surface area contributed by atoms with Gasteiger partial charge in [-0.1, -0.05) is 6.58 Å². The van der Waals surface area contributed by atoms with Gasteiger partial charge in [0.05, 0.1) is 11.7 Å². The van der Waals surface area contributed by atoms with Gasteiger partial charge in [0.25, 0.3) is 11.0 Å². The van der Waals surface area contributed by atoms with E-state index in [1.54, 1.807) is 6.92 Å². The van der Waals surface area contributed by atoms with Crippen molar-refractivity contribution in [1.82, 2.24) is 0 Å². The summed E-state index contributed by atoms with van der Waals surface area (Å²) in [6.07, 6.45) is 0.0955. The van der Waals surface area contributed by atoms with E-state index in [0.717, 1.165) is 6.08 Å². The fourth-order valence-corrected chi connectivity index (χ4v) is 3.15. The van der Waals surface area contributed by atoms with Crippen molar-refractivity contribution in [3.8, 4) is 0 Å². The maximum Gasteiger partial charge on any atom is 0.344 e. The molecule has 9 heteroatoms. The molecule has 21 heavy (non-hydrogen) atoms. The average molecular weight is 320 g/mol. The highest BCUT2D eigenvalue weighted by Gasteiger charge is 2.58. The zero-order chi connectivity index (χ0) is 15.6. The van der Waals surface area contributed by atoms with Crippen LogP contribution in [0.25, 0.3) is 0 Å². The minimum Gasteiger partial charge on any atom is -0.457 e. The molecule has 0 spiro atoms. The van der Waals surface area contributed by atoms with Crippen LogP contribution >= 0.6 is 0 Å². The molecule has 8 nitrogen and oxygen atoms in total. The van der Waals surface area contributed by atoms with Crippen molar-refractivity contribution in [3.63, 3.8) is 0 Å². The van der Waals surface area contributed by atoms with Crippen molar-refractivity contribution in [2.75, 3.05) is 6.61 Å². The first-order valence-electron chi connectivity index (χ1n) is 6.31. The highest BCUT2D eigenvalue weighted by Crippen LogP contribution is 2.46. The monoisotopic (exact) mass is 320 g/mol. The summed E-state index contributed by atoms with van der Waals surface area (Å²) in [5.41, 5.74) is -0.803. The Morgan fingerprint density at radius 3 is 2.71 bits per heavy atom. The Hall–Kier alpha value is -1.45. The number of fused-ring (bicyclic) bond motifs is 2. The van der Waals surface area contributed by atoms with Crippen molar-refractivity contribution >= 4 is 22.9 Å². The minimum atomic E-state index is -2.96. The summed E-state index contributed by atoms with van der Waals surface area (Å²) < 4.78 is 41.4. The molecule has 2 aliphatic rings. The van der Waals surface area contributed by atoms with Gasteiger partial charge in [0.15, 0.2) is 6.61 Å². The molecule has 2 fully saturated rings. The fourth-order valence-electron chi connectivity index (χ4n) is 2.64. The topological polar surface area (TPSA) is 105 Å². The van der Waals surface area contributed by atoms with Crippen LogP contribution in [0.2, 0.25) is 0 Å². The number of hydrogen-bond donors (Lipinski definition) is 1. The van der Waals surface area contributed by atoms with Crippen LogP contribution in [0.3, 0.4) is 0 Å². The van der Waals surface area contributed by atoms with E-state index in [1.165, 1.54) is 0 Å². The third kappa shape index (κ3) is 3.60. The largest absolute Gasteiger partial charge is 0.457 e. The molecule has 0 aromatic heterocycles. The van der Waals surface area contributed by atoms with Gasteiger partial charge in [-0.2, -0.15) is 0 Å². The molecule has 4 unspecified atom stereocenters. The summed E-state index contributed by atoms with van der Waals surface area (Å²) in [5, 5.41) is 0. The Morgan fingerprint density at radius 1 is 1.48 bits per heavy atom. The van der Waals surface area contributed by atoms with E-state index < -0.39 is 53.4 Å². The van der Waals surface area contributed by atoms with E-state index in [1.807, 2.05) is 0 Å². The van der Waals surface area contributed by atoms with Crippen molar-refractivity contribution in [2.24, 2.45) is 0 Å². The average Bonchev–Trinajstić information content (AvgIpc) is 2.87. The zero-order valence-electron chi connectivity index (χ0n) is 11.4. The molecular weight excluding hydrogens is 304 g/mol. The van der Waals surface area contributed by atoms with E-state index in [2.05, 4.69) is 11.3 Å². The Bertz CT molecular complexity index is 519. The number of hydrogen-bond acceptors (Lipinski definition) is 8. The third-order valence-corrected chi connectivity index (χ3v) is 3.99. The van der Waals surface area contributed by atoms with Crippen LogP contribution in [0, 0.1) is 0 Å². The number of thiol groups is 1. The van der Waals surface area contributed by atoms with Crippen LogP contribution in [-0.2, 0) is 39.0 Å². The van der Waals surface area contributed by atoms with Crippen molar-refractivity contribution in [2.45, 2.75) is 43.7 Å². The molecule has 0 aliphatic carbocycles. The first-order chi connectivity index (χ1) is 9.84. The summed E-state index contributed by atoms with van der Waals surface area (Å²) >= 11 is 0. The Labute approximate surface area is 123 Å². The number of carbonyl (C=O) groups is 2. The lowest BCUT2D eigenvalue weighted by molar-refractivity contribution is -0.162. The fraction of sp³-hybridized carbons (Fsp3) is 0.667. The van der Waals surface area contributed by atoms with Crippen molar-refractivity contribution in [1.29, 1.82) is 0 Å². The molecule has 2 heterocycles. The number of rotatable bonds is 6. The van der Waals surface area contributed by atoms with Crippen molar-refractivity contribution < 1.29 is 36.4 Å². The summed E-state index contributed by atoms with van der Waals surface area (Å²) in [7, 11) is -2.96. The quantitative estimate of drug-likeness (QED) is 0.396. The third-order valence-electron chi connectivity index (χ3n) is 3.56. The summed E-state index contributed by atoms with van der Waals surface area (Å²) in [6.45, 7) is 4.41. The first-order valence-corrected chi connectivity index (χ1v) is 7.41. The summed E-state index contributed by atoms with van der Waals surface area (Å²) in [4.78, 5) is 22.4. The molecule has 2 bridgehead atoms. The van der Waals surface area contributed by atoms with Crippen LogP contribution in [-0.4, -0.2) is 50.9 Å². The molecule has 0 saturated carbocycles. The van der Waals surface area contributed by atoms with Crippen LogP contribution < -0.4 is 0 Å². The predicted octanol–water partition coefficient (Wildman–Crippen LogP) is -0.510. The molecule has 2 saturated heterocycles. The second-order valence-electron chi connectivity index (χ2n) is 5.07. The summed E-state index contributed by atoms with van der Waals surface area (Å²) in [6, 6.07) is 0. The van der Waals surface area contributed by atoms with E-state index in [0.29, 0.717) is 12.8 Å². The molecule has 0 aromatic rings. The second-order valence-corrected chi connectivity index (χ2v) is 5.72. The van der Waals surface area contributed by atoms with Gasteiger partial charge < -0.3 is 14.2 Å². The Morgan fingerprint density at radius 2 is 2.19 bits per heavy atom. The smallest absolute Gasteiger partial charge is 0.344 e. The lowest BCUT2D eigenvalue weighted by atomic mass is 9.85. The second kappa shape index (κ2) is 6.12. The molecule has 0 N–H and O–H groups in total. The lowest BCUT2D eigenvalue weighted by Gasteiger charge is -2.29. The standard InChI is InChI=1S/C12H16O8S/c1-3-10(13)17-6-11(14)18-8-5-12(2)9(20-21(15)16)4-7(8)19-12/h3,7-9,21H,1,4-6H2,2H3. The van der Waals surface area contributed by atoms with E-state index >= 15 is 0 Å². The number of ether oxygens (including phenoxy) is 3. The molecule has 2 rings (SSSR count). The van der Waals surface area contributed by atoms with E-state index in [4.69, 9.17) is 13.7 Å². The van der Waals surface area contributed by atoms with Gasteiger partial charge in [-0.05, 0) is 6.92 Å².